The SMILES string of the molecule is CC(=O)CC(=O)CCCC(N)C(C)=O. The number of hydrogen-bond acceptors (Lipinski definition) is 4. The van der Waals surface area contributed by atoms with E-state index in [4.69, 9.17) is 5.73 Å². The van der Waals surface area contributed by atoms with Crippen molar-refractivity contribution in [1.82, 2.24) is 0 Å². The number of carbonyl (C=O) groups excluding carboxylic acids is 3. The van der Waals surface area contributed by atoms with E-state index in [0.717, 1.165) is 0 Å². The molecule has 0 aromatic heterocycles. The summed E-state index contributed by atoms with van der Waals surface area (Å²) in [5.41, 5.74) is 5.48. The second kappa shape index (κ2) is 6.43. The second-order valence-electron chi connectivity index (χ2n) is 3.53. The topological polar surface area (TPSA) is 77.2 Å². The Balaban J connectivity index is 3.59. The Morgan fingerprint density at radius 2 is 1.79 bits per heavy atom. The van der Waals surface area contributed by atoms with Crippen molar-refractivity contribution in [3.05, 3.63) is 0 Å². The number of Topliss-reactive ketones (excluding diaryl/α,β-unsaturated/α-hetero) is 3. The molecule has 1 atom stereocenters. The first-order valence-corrected chi connectivity index (χ1v) is 4.70. The van der Waals surface area contributed by atoms with Crippen molar-refractivity contribution in [2.24, 2.45) is 5.73 Å². The molecule has 0 rings (SSSR count). The maximum Gasteiger partial charge on any atom is 0.146 e. The van der Waals surface area contributed by atoms with Crippen molar-refractivity contribution in [1.29, 1.82) is 0 Å². The van der Waals surface area contributed by atoms with Crippen LogP contribution in [-0.2, 0) is 14.4 Å². The number of rotatable bonds is 7. The normalized spacial score (nSPS) is 12.2. The van der Waals surface area contributed by atoms with Gasteiger partial charge in [-0.3, -0.25) is 14.4 Å². The Morgan fingerprint density at radius 1 is 1.21 bits per heavy atom. The number of nitrogens with two attached hydrogens (primary N) is 1. The van der Waals surface area contributed by atoms with Gasteiger partial charge in [-0.05, 0) is 26.7 Å². The molecule has 80 valence electrons. The summed E-state index contributed by atoms with van der Waals surface area (Å²) in [5.74, 6) is -0.261. The van der Waals surface area contributed by atoms with E-state index in [1.165, 1.54) is 13.8 Å². The molecule has 0 fully saturated rings. The Bertz CT molecular complexity index is 236. The summed E-state index contributed by atoms with van der Waals surface area (Å²) in [5, 5.41) is 0. The molecule has 0 aromatic carbocycles. The maximum absolute atomic E-state index is 11.1. The van der Waals surface area contributed by atoms with Crippen LogP contribution in [0.5, 0.6) is 0 Å². The van der Waals surface area contributed by atoms with Crippen LogP contribution in [0.25, 0.3) is 0 Å². The highest BCUT2D eigenvalue weighted by Crippen LogP contribution is 2.02. The number of carbonyl (C=O) groups is 3. The zero-order chi connectivity index (χ0) is 11.1. The van der Waals surface area contributed by atoms with Crippen LogP contribution in [0, 0.1) is 0 Å². The first kappa shape index (κ1) is 13.0. The summed E-state index contributed by atoms with van der Waals surface area (Å²) in [6, 6.07) is -0.472. The van der Waals surface area contributed by atoms with Gasteiger partial charge in [-0.1, -0.05) is 0 Å². The molecular weight excluding hydrogens is 182 g/mol. The zero-order valence-electron chi connectivity index (χ0n) is 8.71. The van der Waals surface area contributed by atoms with Gasteiger partial charge in [0, 0.05) is 6.42 Å². The summed E-state index contributed by atoms with van der Waals surface area (Å²) < 4.78 is 0. The number of hydrogen-bond donors (Lipinski definition) is 1. The first-order chi connectivity index (χ1) is 6.43. The van der Waals surface area contributed by atoms with Gasteiger partial charge in [0.25, 0.3) is 0 Å². The zero-order valence-corrected chi connectivity index (χ0v) is 8.71. The van der Waals surface area contributed by atoms with E-state index in [2.05, 4.69) is 0 Å². The van der Waals surface area contributed by atoms with Crippen LogP contribution in [0.3, 0.4) is 0 Å². The van der Waals surface area contributed by atoms with Gasteiger partial charge in [-0.25, -0.2) is 0 Å². The Labute approximate surface area is 83.8 Å². The van der Waals surface area contributed by atoms with Crippen LogP contribution in [0.4, 0.5) is 0 Å². The molecule has 0 saturated heterocycles. The van der Waals surface area contributed by atoms with Crippen molar-refractivity contribution in [2.75, 3.05) is 0 Å². The molecule has 0 heterocycles. The van der Waals surface area contributed by atoms with Crippen molar-refractivity contribution < 1.29 is 14.4 Å². The Hall–Kier alpha value is -1.03. The van der Waals surface area contributed by atoms with Crippen LogP contribution in [0.1, 0.15) is 39.5 Å². The fourth-order valence-corrected chi connectivity index (χ4v) is 1.09. The van der Waals surface area contributed by atoms with Crippen molar-refractivity contribution >= 4 is 17.3 Å². The second-order valence-corrected chi connectivity index (χ2v) is 3.53. The summed E-state index contributed by atoms with van der Waals surface area (Å²) in [6.07, 6.45) is 1.42. The molecule has 4 nitrogen and oxygen atoms in total. The predicted octanol–water partition coefficient (Wildman–Crippen LogP) is 0.621. The van der Waals surface area contributed by atoms with Gasteiger partial charge in [0.15, 0.2) is 0 Å². The van der Waals surface area contributed by atoms with Gasteiger partial charge >= 0.3 is 0 Å². The van der Waals surface area contributed by atoms with E-state index < -0.39 is 6.04 Å². The standard InChI is InChI=1S/C10H17NO3/c1-7(12)6-9(14)4-3-5-10(11)8(2)13/h10H,3-6,11H2,1-2H3. The average Bonchev–Trinajstić information content (AvgIpc) is 2.02. The van der Waals surface area contributed by atoms with Gasteiger partial charge in [0.05, 0.1) is 12.5 Å². The average molecular weight is 199 g/mol. The van der Waals surface area contributed by atoms with E-state index in [-0.39, 0.29) is 23.8 Å². The molecule has 1 unspecified atom stereocenters. The molecule has 4 heteroatoms. The van der Waals surface area contributed by atoms with Crippen LogP contribution in [-0.4, -0.2) is 23.4 Å². The third kappa shape index (κ3) is 6.48. The van der Waals surface area contributed by atoms with E-state index in [0.29, 0.717) is 19.3 Å². The summed E-state index contributed by atoms with van der Waals surface area (Å²) in [7, 11) is 0. The maximum atomic E-state index is 11.1. The van der Waals surface area contributed by atoms with Gasteiger partial charge in [0.2, 0.25) is 0 Å². The molecule has 0 aromatic rings. The minimum Gasteiger partial charge on any atom is -0.322 e. The molecule has 0 aliphatic carbocycles. The quantitative estimate of drug-likeness (QED) is 0.610. The van der Waals surface area contributed by atoms with Gasteiger partial charge in [-0.2, -0.15) is 0 Å². The molecule has 0 aliphatic heterocycles. The van der Waals surface area contributed by atoms with Gasteiger partial charge < -0.3 is 5.73 Å². The molecule has 0 bridgehead atoms. The van der Waals surface area contributed by atoms with E-state index in [1.807, 2.05) is 0 Å². The molecule has 0 radical (unpaired) electrons. The summed E-state index contributed by atoms with van der Waals surface area (Å²) >= 11 is 0. The van der Waals surface area contributed by atoms with Crippen LogP contribution < -0.4 is 5.73 Å². The minimum atomic E-state index is -0.472. The third-order valence-electron chi connectivity index (χ3n) is 1.94. The van der Waals surface area contributed by atoms with Crippen LogP contribution in [0.2, 0.25) is 0 Å². The molecule has 0 spiro atoms. The molecule has 0 amide bonds. The fourth-order valence-electron chi connectivity index (χ4n) is 1.09. The highest BCUT2D eigenvalue weighted by Gasteiger charge is 2.10. The van der Waals surface area contributed by atoms with E-state index >= 15 is 0 Å². The first-order valence-electron chi connectivity index (χ1n) is 4.70. The van der Waals surface area contributed by atoms with Crippen LogP contribution in [0.15, 0.2) is 0 Å². The van der Waals surface area contributed by atoms with Gasteiger partial charge in [-0.15, -0.1) is 0 Å². The summed E-state index contributed by atoms with van der Waals surface area (Å²) in [6.45, 7) is 2.82. The lowest BCUT2D eigenvalue weighted by Gasteiger charge is -2.05. The molecule has 14 heavy (non-hydrogen) atoms. The third-order valence-corrected chi connectivity index (χ3v) is 1.94. The predicted molar refractivity (Wildman–Crippen MR) is 52.8 cm³/mol. The van der Waals surface area contributed by atoms with E-state index in [1.54, 1.807) is 0 Å². The summed E-state index contributed by atoms with van der Waals surface area (Å²) in [4.78, 5) is 32.4. The van der Waals surface area contributed by atoms with E-state index in [9.17, 15) is 14.4 Å². The number of ketones is 3. The van der Waals surface area contributed by atoms with Crippen molar-refractivity contribution in [3.63, 3.8) is 0 Å². The lowest BCUT2D eigenvalue weighted by atomic mass is 10.0. The highest BCUT2D eigenvalue weighted by atomic mass is 16.1. The van der Waals surface area contributed by atoms with Gasteiger partial charge in [0.1, 0.15) is 17.3 Å². The lowest BCUT2D eigenvalue weighted by Crippen LogP contribution is -2.28. The lowest BCUT2D eigenvalue weighted by molar-refractivity contribution is -0.126. The fraction of sp³-hybridized carbons (Fsp3) is 0.700. The van der Waals surface area contributed by atoms with Crippen molar-refractivity contribution in [3.8, 4) is 0 Å². The Kier molecular flexibility index (Phi) is 5.95. The molecule has 2 N–H and O–H groups in total. The highest BCUT2D eigenvalue weighted by molar-refractivity contribution is 5.97. The Morgan fingerprint density at radius 3 is 2.21 bits per heavy atom. The molecular formula is C10H17NO3. The van der Waals surface area contributed by atoms with Crippen molar-refractivity contribution in [2.45, 2.75) is 45.6 Å². The largest absolute Gasteiger partial charge is 0.322 e. The smallest absolute Gasteiger partial charge is 0.146 e. The molecule has 0 aliphatic rings. The van der Waals surface area contributed by atoms with Crippen LogP contribution >= 0.6 is 0 Å². The molecule has 0 saturated carbocycles. The minimum absolute atomic E-state index is 0.00465. The monoisotopic (exact) mass is 199 g/mol.